The van der Waals surface area contributed by atoms with Gasteiger partial charge in [0.05, 0.1) is 25.3 Å². The molecule has 1 heterocycles. The summed E-state index contributed by atoms with van der Waals surface area (Å²) in [5.74, 6) is 0.390. The normalized spacial score (nSPS) is 23.4. The maximum Gasteiger partial charge on any atom is 0.237 e. The number of hydrogen-bond acceptors (Lipinski definition) is 3. The van der Waals surface area contributed by atoms with Crippen LogP contribution in [0.1, 0.15) is 19.4 Å². The van der Waals surface area contributed by atoms with Crippen molar-refractivity contribution in [2.24, 2.45) is 5.92 Å². The Hall–Kier alpha value is -1.39. The second-order valence-electron chi connectivity index (χ2n) is 5.34. The lowest BCUT2D eigenvalue weighted by Gasteiger charge is -2.32. The Morgan fingerprint density at radius 2 is 2.05 bits per heavy atom. The molecule has 0 aliphatic carbocycles. The molecule has 2 N–H and O–H groups in total. The lowest BCUT2D eigenvalue weighted by molar-refractivity contribution is -0.127. The second kappa shape index (κ2) is 6.68. The standard InChI is InChI=1S/C15H22N2O2/c1-11(2)14-15(18)17-13(8-16-14)10-19-9-12-6-4-3-5-7-12/h3-7,11,13-14,16H,8-10H2,1-2H3,(H,17,18)/t13-,14+/m1/s1. The summed E-state index contributed by atoms with van der Waals surface area (Å²) in [6.07, 6.45) is 0. The summed E-state index contributed by atoms with van der Waals surface area (Å²) in [6, 6.07) is 10.0. The van der Waals surface area contributed by atoms with E-state index in [-0.39, 0.29) is 18.0 Å². The van der Waals surface area contributed by atoms with Crippen molar-refractivity contribution < 1.29 is 9.53 Å². The number of piperazine rings is 1. The molecule has 0 unspecified atom stereocenters. The molecule has 1 fully saturated rings. The number of nitrogens with one attached hydrogen (secondary N) is 2. The van der Waals surface area contributed by atoms with Crippen molar-refractivity contribution >= 4 is 5.91 Å². The van der Waals surface area contributed by atoms with Gasteiger partial charge in [0, 0.05) is 6.54 Å². The zero-order valence-electron chi connectivity index (χ0n) is 11.6. The average molecular weight is 262 g/mol. The van der Waals surface area contributed by atoms with Crippen molar-refractivity contribution in [3.8, 4) is 0 Å². The Balaban J connectivity index is 1.72. The van der Waals surface area contributed by atoms with E-state index in [1.165, 1.54) is 0 Å². The molecule has 104 valence electrons. The van der Waals surface area contributed by atoms with Gasteiger partial charge in [-0.05, 0) is 11.5 Å². The number of carbonyl (C=O) groups excluding carboxylic acids is 1. The molecule has 0 saturated carbocycles. The van der Waals surface area contributed by atoms with Crippen LogP contribution in [0.4, 0.5) is 0 Å². The number of carbonyl (C=O) groups is 1. The maximum atomic E-state index is 11.9. The van der Waals surface area contributed by atoms with Gasteiger partial charge in [0.1, 0.15) is 0 Å². The maximum absolute atomic E-state index is 11.9. The van der Waals surface area contributed by atoms with Crippen LogP contribution in [0.25, 0.3) is 0 Å². The van der Waals surface area contributed by atoms with Crippen LogP contribution in [0.2, 0.25) is 0 Å². The van der Waals surface area contributed by atoms with Gasteiger partial charge in [0.25, 0.3) is 0 Å². The van der Waals surface area contributed by atoms with Crippen molar-refractivity contribution in [1.82, 2.24) is 10.6 Å². The molecule has 1 aromatic rings. The van der Waals surface area contributed by atoms with E-state index in [2.05, 4.69) is 10.6 Å². The number of benzene rings is 1. The minimum atomic E-state index is -0.0784. The Labute approximate surface area is 114 Å². The van der Waals surface area contributed by atoms with Gasteiger partial charge in [0.15, 0.2) is 0 Å². The number of hydrogen-bond donors (Lipinski definition) is 2. The molecular weight excluding hydrogens is 240 g/mol. The van der Waals surface area contributed by atoms with Crippen LogP contribution in [-0.4, -0.2) is 31.1 Å². The smallest absolute Gasteiger partial charge is 0.237 e. The van der Waals surface area contributed by atoms with Gasteiger partial charge in [-0.2, -0.15) is 0 Å². The first kappa shape index (κ1) is 14.0. The van der Waals surface area contributed by atoms with Gasteiger partial charge in [-0.25, -0.2) is 0 Å². The fraction of sp³-hybridized carbons (Fsp3) is 0.533. The van der Waals surface area contributed by atoms with Crippen molar-refractivity contribution in [3.63, 3.8) is 0 Å². The lowest BCUT2D eigenvalue weighted by Crippen LogP contribution is -2.61. The van der Waals surface area contributed by atoms with E-state index < -0.39 is 0 Å². The molecule has 1 aliphatic heterocycles. The summed E-state index contributed by atoms with van der Waals surface area (Å²) in [5, 5.41) is 6.28. The predicted molar refractivity (Wildman–Crippen MR) is 74.7 cm³/mol. The van der Waals surface area contributed by atoms with E-state index in [9.17, 15) is 4.79 Å². The molecule has 19 heavy (non-hydrogen) atoms. The molecule has 0 spiro atoms. The Morgan fingerprint density at radius 3 is 2.68 bits per heavy atom. The Morgan fingerprint density at radius 1 is 1.32 bits per heavy atom. The monoisotopic (exact) mass is 262 g/mol. The lowest BCUT2D eigenvalue weighted by atomic mass is 10.0. The quantitative estimate of drug-likeness (QED) is 0.841. The third-order valence-corrected chi connectivity index (χ3v) is 3.31. The Bertz CT molecular complexity index is 406. The van der Waals surface area contributed by atoms with E-state index in [0.29, 0.717) is 19.1 Å². The van der Waals surface area contributed by atoms with Gasteiger partial charge < -0.3 is 15.4 Å². The SMILES string of the molecule is CC(C)[C@@H]1NC[C@H](COCc2ccccc2)NC1=O. The third-order valence-electron chi connectivity index (χ3n) is 3.31. The van der Waals surface area contributed by atoms with Crippen LogP contribution in [0.3, 0.4) is 0 Å². The van der Waals surface area contributed by atoms with Crippen LogP contribution in [0.5, 0.6) is 0 Å². The van der Waals surface area contributed by atoms with Crippen molar-refractivity contribution in [1.29, 1.82) is 0 Å². The summed E-state index contributed by atoms with van der Waals surface area (Å²) in [7, 11) is 0. The molecule has 1 aromatic carbocycles. The molecule has 2 rings (SSSR count). The van der Waals surface area contributed by atoms with Gasteiger partial charge in [-0.1, -0.05) is 44.2 Å². The number of rotatable bonds is 5. The molecular formula is C15H22N2O2. The van der Waals surface area contributed by atoms with Crippen LogP contribution in [0.15, 0.2) is 30.3 Å². The minimum Gasteiger partial charge on any atom is -0.375 e. The summed E-state index contributed by atoms with van der Waals surface area (Å²) >= 11 is 0. The van der Waals surface area contributed by atoms with Crippen LogP contribution < -0.4 is 10.6 Å². The highest BCUT2D eigenvalue weighted by Gasteiger charge is 2.29. The molecule has 0 bridgehead atoms. The highest BCUT2D eigenvalue weighted by atomic mass is 16.5. The van der Waals surface area contributed by atoms with E-state index in [1.807, 2.05) is 44.2 Å². The topological polar surface area (TPSA) is 50.4 Å². The molecule has 4 heteroatoms. The second-order valence-corrected chi connectivity index (χ2v) is 5.34. The summed E-state index contributed by atoms with van der Waals surface area (Å²) < 4.78 is 5.65. The molecule has 0 radical (unpaired) electrons. The molecule has 1 amide bonds. The first-order valence-electron chi connectivity index (χ1n) is 6.82. The first-order valence-corrected chi connectivity index (χ1v) is 6.82. The number of amides is 1. The zero-order chi connectivity index (χ0) is 13.7. The fourth-order valence-electron chi connectivity index (χ4n) is 2.24. The van der Waals surface area contributed by atoms with Gasteiger partial charge >= 0.3 is 0 Å². The van der Waals surface area contributed by atoms with Crippen LogP contribution >= 0.6 is 0 Å². The third kappa shape index (κ3) is 4.04. The van der Waals surface area contributed by atoms with Gasteiger partial charge in [-0.3, -0.25) is 4.79 Å². The van der Waals surface area contributed by atoms with Crippen LogP contribution in [0, 0.1) is 5.92 Å². The average Bonchev–Trinajstić information content (AvgIpc) is 2.39. The summed E-state index contributed by atoms with van der Waals surface area (Å²) in [6.45, 7) is 5.98. The fourth-order valence-corrected chi connectivity index (χ4v) is 2.24. The van der Waals surface area contributed by atoms with Crippen LogP contribution in [-0.2, 0) is 16.1 Å². The molecule has 1 aliphatic rings. The van der Waals surface area contributed by atoms with Gasteiger partial charge in [-0.15, -0.1) is 0 Å². The van der Waals surface area contributed by atoms with Crippen molar-refractivity contribution in [2.45, 2.75) is 32.5 Å². The minimum absolute atomic E-state index is 0.0613. The number of ether oxygens (including phenoxy) is 1. The Kier molecular flexibility index (Phi) is 4.93. The molecule has 0 aromatic heterocycles. The molecule has 1 saturated heterocycles. The van der Waals surface area contributed by atoms with E-state index in [4.69, 9.17) is 4.74 Å². The molecule has 2 atom stereocenters. The summed E-state index contributed by atoms with van der Waals surface area (Å²) in [4.78, 5) is 11.9. The summed E-state index contributed by atoms with van der Waals surface area (Å²) in [5.41, 5.74) is 1.15. The van der Waals surface area contributed by atoms with Crippen molar-refractivity contribution in [3.05, 3.63) is 35.9 Å². The highest BCUT2D eigenvalue weighted by molar-refractivity contribution is 5.83. The zero-order valence-corrected chi connectivity index (χ0v) is 11.6. The predicted octanol–water partition coefficient (Wildman–Crippen LogP) is 1.32. The molecule has 4 nitrogen and oxygen atoms in total. The largest absolute Gasteiger partial charge is 0.375 e. The van der Waals surface area contributed by atoms with Gasteiger partial charge in [0.2, 0.25) is 5.91 Å². The van der Waals surface area contributed by atoms with Crippen molar-refractivity contribution in [2.75, 3.05) is 13.2 Å². The van der Waals surface area contributed by atoms with E-state index in [0.717, 1.165) is 12.1 Å². The highest BCUT2D eigenvalue weighted by Crippen LogP contribution is 2.07. The van der Waals surface area contributed by atoms with E-state index in [1.54, 1.807) is 0 Å². The van der Waals surface area contributed by atoms with E-state index >= 15 is 0 Å². The first-order chi connectivity index (χ1) is 9.16.